The summed E-state index contributed by atoms with van der Waals surface area (Å²) in [5.41, 5.74) is 0. The molecule has 0 amide bonds. The zero-order chi connectivity index (χ0) is 15.0. The Kier molecular flexibility index (Phi) is 25.2. The standard InChI is InChI=1S/C6H12.C2H3N.CCl4.CHCl3/c1-2-4-6-5-3-1;1-2-3;2-1(3,4)5;2-1(3)4/h1-6H2;1H3;;1H. The van der Waals surface area contributed by atoms with Gasteiger partial charge in [-0.1, -0.05) is 120 Å². The third-order valence-corrected chi connectivity index (χ3v) is 1.50. The Balaban J connectivity index is -0.000000173. The first kappa shape index (κ1) is 24.5. The Labute approximate surface area is 145 Å². The van der Waals surface area contributed by atoms with E-state index in [9.17, 15) is 0 Å². The molecule has 0 atom stereocenters. The molecule has 0 heterocycles. The lowest BCUT2D eigenvalue weighted by atomic mass is 10.0. The fourth-order valence-corrected chi connectivity index (χ4v) is 1.06. The SMILES string of the molecule is C1CCCCC1.CC#N.ClC(Cl)(Cl)Cl.ClC(Cl)Cl. The van der Waals surface area contributed by atoms with Crippen LogP contribution >= 0.6 is 81.2 Å². The van der Waals surface area contributed by atoms with Crippen molar-refractivity contribution in [3.8, 4) is 6.07 Å². The van der Waals surface area contributed by atoms with Crippen LogP contribution in [0, 0.1) is 11.3 Å². The maximum atomic E-state index is 7.32. The van der Waals surface area contributed by atoms with Crippen molar-refractivity contribution in [2.75, 3.05) is 0 Å². The number of halogens is 7. The van der Waals surface area contributed by atoms with Crippen LogP contribution in [0.5, 0.6) is 0 Å². The van der Waals surface area contributed by atoms with Crippen molar-refractivity contribution in [1.29, 1.82) is 5.26 Å². The van der Waals surface area contributed by atoms with Crippen LogP contribution in [0.1, 0.15) is 45.4 Å². The molecule has 1 fully saturated rings. The van der Waals surface area contributed by atoms with E-state index in [1.165, 1.54) is 45.4 Å². The average Bonchev–Trinajstić information content (AvgIpc) is 2.18. The Morgan fingerprint density at radius 1 is 0.833 bits per heavy atom. The normalized spacial score (nSPS) is 13.8. The van der Waals surface area contributed by atoms with Gasteiger partial charge in [-0.25, -0.2) is 0 Å². The molecular weight excluding hydrogens is 382 g/mol. The van der Waals surface area contributed by atoms with E-state index in [2.05, 4.69) is 0 Å². The van der Waals surface area contributed by atoms with Gasteiger partial charge in [0, 0.05) is 6.92 Å². The molecule has 18 heavy (non-hydrogen) atoms. The van der Waals surface area contributed by atoms with Gasteiger partial charge in [-0.3, -0.25) is 0 Å². The lowest BCUT2D eigenvalue weighted by Gasteiger charge is -2.05. The van der Waals surface area contributed by atoms with Crippen LogP contribution in [0.4, 0.5) is 0 Å². The Morgan fingerprint density at radius 3 is 0.944 bits per heavy atom. The van der Waals surface area contributed by atoms with Crippen molar-refractivity contribution in [1.82, 2.24) is 0 Å². The van der Waals surface area contributed by atoms with E-state index >= 15 is 0 Å². The van der Waals surface area contributed by atoms with Gasteiger partial charge in [0.1, 0.15) is 0 Å². The summed E-state index contributed by atoms with van der Waals surface area (Å²) in [5.74, 6) is 0. The average molecular weight is 398 g/mol. The van der Waals surface area contributed by atoms with E-state index in [0.717, 1.165) is 0 Å². The summed E-state index contributed by atoms with van der Waals surface area (Å²) in [6, 6.07) is 1.75. The predicted octanol–water partition coefficient (Wildman–Crippen LogP) is 7.41. The van der Waals surface area contributed by atoms with Gasteiger partial charge in [0.2, 0.25) is 0 Å². The summed E-state index contributed by atoms with van der Waals surface area (Å²) in [6.45, 7) is 1.43. The number of hydrogen-bond donors (Lipinski definition) is 0. The van der Waals surface area contributed by atoms with Gasteiger partial charge in [-0.15, -0.1) is 0 Å². The van der Waals surface area contributed by atoms with E-state index in [1.54, 1.807) is 6.07 Å². The molecule has 0 N–H and O–H groups in total. The van der Waals surface area contributed by atoms with Gasteiger partial charge in [0.15, 0.2) is 4.30 Å². The zero-order valence-electron chi connectivity index (χ0n) is 9.91. The van der Waals surface area contributed by atoms with Crippen molar-refractivity contribution in [2.24, 2.45) is 0 Å². The Morgan fingerprint density at radius 2 is 0.889 bits per heavy atom. The van der Waals surface area contributed by atoms with Gasteiger partial charge in [0.25, 0.3) is 3.25 Å². The Bertz CT molecular complexity index is 161. The third-order valence-electron chi connectivity index (χ3n) is 1.50. The van der Waals surface area contributed by atoms with Crippen molar-refractivity contribution in [3.05, 3.63) is 0 Å². The molecule has 0 bridgehead atoms. The molecule has 0 aliphatic heterocycles. The summed E-state index contributed by atoms with van der Waals surface area (Å²) in [6.07, 6.45) is 9.00. The molecule has 1 nitrogen and oxygen atoms in total. The highest BCUT2D eigenvalue weighted by molar-refractivity contribution is 6.83. The van der Waals surface area contributed by atoms with Crippen LogP contribution in [0.25, 0.3) is 0 Å². The second kappa shape index (κ2) is 18.5. The molecule has 110 valence electrons. The quantitative estimate of drug-likeness (QED) is 0.390. The summed E-state index contributed by atoms with van der Waals surface area (Å²) < 4.78 is -2.36. The van der Waals surface area contributed by atoms with Crippen LogP contribution in [0.15, 0.2) is 0 Å². The zero-order valence-corrected chi connectivity index (χ0v) is 15.2. The molecular formula is C10H16Cl7N. The second-order valence-corrected chi connectivity index (χ2v) is 8.43. The second-order valence-electron chi connectivity index (χ2n) is 3.02. The first-order valence-electron chi connectivity index (χ1n) is 5.13. The molecule has 0 radical (unpaired) electrons. The van der Waals surface area contributed by atoms with Crippen LogP contribution in [0.3, 0.4) is 0 Å². The van der Waals surface area contributed by atoms with E-state index in [1.807, 2.05) is 0 Å². The number of alkyl halides is 7. The molecule has 1 saturated carbocycles. The van der Waals surface area contributed by atoms with E-state index in [4.69, 9.17) is 86.5 Å². The lowest BCUT2D eigenvalue weighted by Crippen LogP contribution is -1.85. The first-order chi connectivity index (χ1) is 8.15. The highest BCUT2D eigenvalue weighted by Gasteiger charge is 2.11. The molecule has 8 heteroatoms. The maximum Gasteiger partial charge on any atom is 0.266 e. The molecule has 0 unspecified atom stereocenters. The minimum absolute atomic E-state index is 0.750. The fourth-order valence-electron chi connectivity index (χ4n) is 1.06. The largest absolute Gasteiger partial charge is 0.266 e. The predicted molar refractivity (Wildman–Crippen MR) is 86.5 cm³/mol. The van der Waals surface area contributed by atoms with Crippen molar-refractivity contribution in [3.63, 3.8) is 0 Å². The van der Waals surface area contributed by atoms with Crippen LogP contribution in [-0.4, -0.2) is 7.55 Å². The van der Waals surface area contributed by atoms with Crippen LogP contribution in [-0.2, 0) is 0 Å². The first-order valence-corrected chi connectivity index (χ1v) is 7.96. The summed E-state index contributed by atoms with van der Waals surface area (Å²) in [4.78, 5) is 0. The minimum atomic E-state index is -1.61. The molecule has 0 saturated heterocycles. The summed E-state index contributed by atoms with van der Waals surface area (Å²) in [7, 11) is 0. The highest BCUT2D eigenvalue weighted by atomic mass is 35.6. The summed E-state index contributed by atoms with van der Waals surface area (Å²) in [5, 5.41) is 7.32. The molecule has 0 aromatic rings. The topological polar surface area (TPSA) is 23.8 Å². The number of nitriles is 1. The molecule has 0 aromatic heterocycles. The van der Waals surface area contributed by atoms with Gasteiger partial charge in [-0.05, 0) is 0 Å². The maximum absolute atomic E-state index is 7.32. The molecule has 0 aromatic carbocycles. The number of hydrogen-bond acceptors (Lipinski definition) is 1. The fraction of sp³-hybridized carbons (Fsp3) is 0.900. The number of rotatable bonds is 0. The monoisotopic (exact) mass is 395 g/mol. The molecule has 1 aliphatic rings. The smallest absolute Gasteiger partial charge is 0.199 e. The lowest BCUT2D eigenvalue weighted by molar-refractivity contribution is 0.504. The van der Waals surface area contributed by atoms with Gasteiger partial charge >= 0.3 is 0 Å². The Hall–Kier alpha value is 1.52. The highest BCUT2D eigenvalue weighted by Crippen LogP contribution is 2.29. The molecule has 0 spiro atoms. The van der Waals surface area contributed by atoms with E-state index in [-0.39, 0.29) is 0 Å². The van der Waals surface area contributed by atoms with Gasteiger partial charge in [0.05, 0.1) is 6.07 Å². The van der Waals surface area contributed by atoms with E-state index in [0.29, 0.717) is 0 Å². The number of nitrogens with zero attached hydrogens (tertiary/aromatic N) is 1. The van der Waals surface area contributed by atoms with Crippen molar-refractivity contribution in [2.45, 2.75) is 53.0 Å². The van der Waals surface area contributed by atoms with Gasteiger partial charge in [-0.2, -0.15) is 5.26 Å². The van der Waals surface area contributed by atoms with Crippen molar-refractivity contribution >= 4 is 81.2 Å². The third kappa shape index (κ3) is 84.6. The van der Waals surface area contributed by atoms with Crippen molar-refractivity contribution < 1.29 is 0 Å². The molecule has 1 aliphatic carbocycles. The summed E-state index contributed by atoms with van der Waals surface area (Å²) >= 11 is 33.7. The van der Waals surface area contributed by atoms with E-state index < -0.39 is 7.55 Å². The van der Waals surface area contributed by atoms with Crippen LogP contribution in [0.2, 0.25) is 0 Å². The van der Waals surface area contributed by atoms with Crippen LogP contribution < -0.4 is 0 Å². The molecule has 1 rings (SSSR count). The van der Waals surface area contributed by atoms with Gasteiger partial charge < -0.3 is 0 Å². The minimum Gasteiger partial charge on any atom is -0.199 e.